The fraction of sp³-hybridized carbons (Fsp3) is 0.231. The van der Waals surface area contributed by atoms with Gasteiger partial charge in [-0.05, 0) is 37.6 Å². The number of thiazole rings is 1. The fourth-order valence-electron chi connectivity index (χ4n) is 1.64. The van der Waals surface area contributed by atoms with Gasteiger partial charge in [0.05, 0.1) is 6.54 Å². The van der Waals surface area contributed by atoms with Crippen LogP contribution in [0.2, 0.25) is 0 Å². The summed E-state index contributed by atoms with van der Waals surface area (Å²) in [7, 11) is 0. The number of hydrogen-bond donors (Lipinski definition) is 2. The molecule has 0 aliphatic rings. The average Bonchev–Trinajstić information content (AvgIpc) is 2.72. The smallest absolute Gasteiger partial charge is 0.251 e. The molecule has 94 valence electrons. The number of carbonyl (C=O) groups is 1. The summed E-state index contributed by atoms with van der Waals surface area (Å²) in [6, 6.07) is 4.70. The molecule has 0 aliphatic carbocycles. The number of nitrogens with zero attached hydrogens (tertiary/aromatic N) is 1. The quantitative estimate of drug-likeness (QED) is 0.892. The molecule has 4 nitrogen and oxygen atoms in total. The van der Waals surface area contributed by atoms with Gasteiger partial charge in [0.1, 0.15) is 10.8 Å². The van der Waals surface area contributed by atoms with Crippen LogP contribution < -0.4 is 5.32 Å². The minimum absolute atomic E-state index is 0.152. The summed E-state index contributed by atoms with van der Waals surface area (Å²) in [6.45, 7) is 4.14. The Hall–Kier alpha value is -1.88. The summed E-state index contributed by atoms with van der Waals surface area (Å²) in [5.74, 6) is 0.0138. The second-order valence-electron chi connectivity index (χ2n) is 4.06. The Morgan fingerprint density at radius 2 is 2.22 bits per heavy atom. The van der Waals surface area contributed by atoms with Crippen LogP contribution >= 0.6 is 11.3 Å². The number of nitrogens with one attached hydrogen (secondary N) is 1. The van der Waals surface area contributed by atoms with Crippen molar-refractivity contribution in [2.45, 2.75) is 20.4 Å². The molecule has 0 saturated carbocycles. The molecule has 0 fully saturated rings. The topological polar surface area (TPSA) is 62.2 Å². The highest BCUT2D eigenvalue weighted by atomic mass is 32.1. The number of amides is 1. The van der Waals surface area contributed by atoms with E-state index >= 15 is 0 Å². The van der Waals surface area contributed by atoms with Crippen molar-refractivity contribution in [2.24, 2.45) is 0 Å². The number of hydrogen-bond acceptors (Lipinski definition) is 4. The molecule has 0 saturated heterocycles. The molecule has 1 heterocycles. The van der Waals surface area contributed by atoms with Crippen molar-refractivity contribution in [3.8, 4) is 5.75 Å². The minimum Gasteiger partial charge on any atom is -0.508 e. The number of carbonyl (C=O) groups excluding carboxylic acids is 1. The summed E-state index contributed by atoms with van der Waals surface area (Å²) in [5, 5.41) is 14.9. The standard InChI is InChI=1S/C13H14N2O2S/c1-8-5-10(16)3-4-11(8)13(17)14-6-12-15-9(2)7-18-12/h3-5,7,16H,6H2,1-2H3,(H,14,17). The van der Waals surface area contributed by atoms with E-state index in [9.17, 15) is 9.90 Å². The number of rotatable bonds is 3. The lowest BCUT2D eigenvalue weighted by molar-refractivity contribution is 0.0950. The second kappa shape index (κ2) is 5.18. The summed E-state index contributed by atoms with van der Waals surface area (Å²) in [4.78, 5) is 16.2. The van der Waals surface area contributed by atoms with Crippen LogP contribution in [0, 0.1) is 13.8 Å². The molecule has 1 amide bonds. The van der Waals surface area contributed by atoms with Crippen molar-refractivity contribution in [1.29, 1.82) is 0 Å². The molecule has 0 radical (unpaired) electrons. The molecule has 0 atom stereocenters. The van der Waals surface area contributed by atoms with Crippen LogP contribution in [0.3, 0.4) is 0 Å². The van der Waals surface area contributed by atoms with E-state index in [1.807, 2.05) is 12.3 Å². The van der Waals surface area contributed by atoms with Gasteiger partial charge in [0.15, 0.2) is 0 Å². The Labute approximate surface area is 109 Å². The first kappa shape index (κ1) is 12.6. The molecule has 0 unspecified atom stereocenters. The number of aromatic nitrogens is 1. The van der Waals surface area contributed by atoms with E-state index in [1.54, 1.807) is 19.1 Å². The van der Waals surface area contributed by atoms with Crippen molar-refractivity contribution >= 4 is 17.2 Å². The molecule has 1 aromatic heterocycles. The number of phenols is 1. The van der Waals surface area contributed by atoms with Crippen LogP contribution in [0.1, 0.15) is 26.6 Å². The molecule has 2 N–H and O–H groups in total. The third-order valence-corrected chi connectivity index (χ3v) is 3.49. The lowest BCUT2D eigenvalue weighted by Gasteiger charge is -2.06. The number of phenolic OH excluding ortho intramolecular Hbond substituents is 1. The zero-order valence-electron chi connectivity index (χ0n) is 10.2. The van der Waals surface area contributed by atoms with E-state index in [2.05, 4.69) is 10.3 Å². The highest BCUT2D eigenvalue weighted by Crippen LogP contribution is 2.16. The summed E-state index contributed by atoms with van der Waals surface area (Å²) >= 11 is 1.53. The fourth-order valence-corrected chi connectivity index (χ4v) is 2.35. The van der Waals surface area contributed by atoms with Crippen molar-refractivity contribution in [1.82, 2.24) is 10.3 Å². The molecule has 2 aromatic rings. The monoisotopic (exact) mass is 262 g/mol. The van der Waals surface area contributed by atoms with Crippen molar-refractivity contribution in [3.63, 3.8) is 0 Å². The van der Waals surface area contributed by atoms with Gasteiger partial charge in [0, 0.05) is 16.6 Å². The molecule has 2 rings (SSSR count). The van der Waals surface area contributed by atoms with Gasteiger partial charge >= 0.3 is 0 Å². The Kier molecular flexibility index (Phi) is 3.62. The van der Waals surface area contributed by atoms with E-state index < -0.39 is 0 Å². The summed E-state index contributed by atoms with van der Waals surface area (Å²) in [5.41, 5.74) is 2.29. The van der Waals surface area contributed by atoms with Gasteiger partial charge in [-0.1, -0.05) is 0 Å². The van der Waals surface area contributed by atoms with E-state index in [1.165, 1.54) is 17.4 Å². The van der Waals surface area contributed by atoms with E-state index in [4.69, 9.17) is 0 Å². The normalized spacial score (nSPS) is 10.3. The maximum atomic E-state index is 11.9. The minimum atomic E-state index is -0.152. The molecule has 5 heteroatoms. The van der Waals surface area contributed by atoms with Gasteiger partial charge in [0.25, 0.3) is 5.91 Å². The lowest BCUT2D eigenvalue weighted by atomic mass is 10.1. The van der Waals surface area contributed by atoms with Crippen LogP contribution in [0.25, 0.3) is 0 Å². The molecular formula is C13H14N2O2S. The predicted molar refractivity (Wildman–Crippen MR) is 70.9 cm³/mol. The third kappa shape index (κ3) is 2.87. The SMILES string of the molecule is Cc1csc(CNC(=O)c2ccc(O)cc2C)n1. The summed E-state index contributed by atoms with van der Waals surface area (Å²) < 4.78 is 0. The van der Waals surface area contributed by atoms with Crippen molar-refractivity contribution in [3.05, 3.63) is 45.4 Å². The zero-order chi connectivity index (χ0) is 13.1. The van der Waals surface area contributed by atoms with E-state index in [0.29, 0.717) is 12.1 Å². The van der Waals surface area contributed by atoms with E-state index in [0.717, 1.165) is 16.3 Å². The molecule has 0 aliphatic heterocycles. The van der Waals surface area contributed by atoms with Gasteiger partial charge in [-0.15, -0.1) is 11.3 Å². The number of benzene rings is 1. The maximum absolute atomic E-state index is 11.9. The third-order valence-electron chi connectivity index (χ3n) is 2.52. The summed E-state index contributed by atoms with van der Waals surface area (Å²) in [6.07, 6.45) is 0. The lowest BCUT2D eigenvalue weighted by Crippen LogP contribution is -2.23. The highest BCUT2D eigenvalue weighted by molar-refractivity contribution is 7.09. The first-order chi connectivity index (χ1) is 8.56. The Morgan fingerprint density at radius 3 is 2.83 bits per heavy atom. The van der Waals surface area contributed by atoms with Gasteiger partial charge in [-0.2, -0.15) is 0 Å². The molecule has 18 heavy (non-hydrogen) atoms. The first-order valence-corrected chi connectivity index (χ1v) is 6.43. The van der Waals surface area contributed by atoms with Crippen LogP contribution in [-0.4, -0.2) is 16.0 Å². The average molecular weight is 262 g/mol. The Balaban J connectivity index is 2.03. The maximum Gasteiger partial charge on any atom is 0.251 e. The van der Waals surface area contributed by atoms with Gasteiger partial charge in [0.2, 0.25) is 0 Å². The van der Waals surface area contributed by atoms with Crippen LogP contribution in [0.4, 0.5) is 0 Å². The molecule has 1 aromatic carbocycles. The Morgan fingerprint density at radius 1 is 1.44 bits per heavy atom. The number of aromatic hydroxyl groups is 1. The molecule has 0 bridgehead atoms. The van der Waals surface area contributed by atoms with Crippen LogP contribution in [-0.2, 0) is 6.54 Å². The molecule has 0 spiro atoms. The van der Waals surface area contributed by atoms with Crippen molar-refractivity contribution in [2.75, 3.05) is 0 Å². The van der Waals surface area contributed by atoms with Crippen molar-refractivity contribution < 1.29 is 9.90 Å². The van der Waals surface area contributed by atoms with Gasteiger partial charge in [-0.3, -0.25) is 4.79 Å². The van der Waals surface area contributed by atoms with Crippen LogP contribution in [0.5, 0.6) is 5.75 Å². The predicted octanol–water partition coefficient (Wildman–Crippen LogP) is 2.40. The largest absolute Gasteiger partial charge is 0.508 e. The highest BCUT2D eigenvalue weighted by Gasteiger charge is 2.09. The number of aryl methyl sites for hydroxylation is 2. The zero-order valence-corrected chi connectivity index (χ0v) is 11.0. The van der Waals surface area contributed by atoms with Crippen LogP contribution in [0.15, 0.2) is 23.6 Å². The van der Waals surface area contributed by atoms with Gasteiger partial charge in [-0.25, -0.2) is 4.98 Å². The second-order valence-corrected chi connectivity index (χ2v) is 5.01. The Bertz CT molecular complexity index is 578. The van der Waals surface area contributed by atoms with E-state index in [-0.39, 0.29) is 11.7 Å². The first-order valence-electron chi connectivity index (χ1n) is 5.55. The molecular weight excluding hydrogens is 248 g/mol. The van der Waals surface area contributed by atoms with Gasteiger partial charge < -0.3 is 10.4 Å².